The van der Waals surface area contributed by atoms with Crippen molar-refractivity contribution in [3.05, 3.63) is 0 Å². The van der Waals surface area contributed by atoms with Gasteiger partial charge in [0.15, 0.2) is 0 Å². The average Bonchev–Trinajstić information content (AvgIpc) is 2.37. The summed E-state index contributed by atoms with van der Waals surface area (Å²) in [5, 5.41) is 0. The van der Waals surface area contributed by atoms with E-state index in [1.807, 2.05) is 18.7 Å². The molecule has 1 atom stereocenters. The molecule has 5 heteroatoms. The van der Waals surface area contributed by atoms with E-state index in [4.69, 9.17) is 9.47 Å². The van der Waals surface area contributed by atoms with Crippen LogP contribution in [0.4, 0.5) is 0 Å². The summed E-state index contributed by atoms with van der Waals surface area (Å²) in [6.45, 7) is 5.54. The minimum atomic E-state index is -0.233. The lowest BCUT2D eigenvalue weighted by atomic mass is 9.96. The van der Waals surface area contributed by atoms with Crippen molar-refractivity contribution in [2.75, 3.05) is 26.8 Å². The molecule has 17 heavy (non-hydrogen) atoms. The summed E-state index contributed by atoms with van der Waals surface area (Å²) in [5.41, 5.74) is 0. The number of carbonyl (C=O) groups is 2. The van der Waals surface area contributed by atoms with Crippen molar-refractivity contribution in [3.8, 4) is 0 Å². The smallest absolute Gasteiger partial charge is 0.322 e. The molecule has 98 valence electrons. The Balaban J connectivity index is 2.40. The van der Waals surface area contributed by atoms with Crippen LogP contribution in [0.3, 0.4) is 0 Å². The molecule has 1 heterocycles. The van der Waals surface area contributed by atoms with Gasteiger partial charge in [0.05, 0.1) is 19.6 Å². The van der Waals surface area contributed by atoms with Crippen molar-refractivity contribution < 1.29 is 19.1 Å². The van der Waals surface area contributed by atoms with Crippen LogP contribution in [0.15, 0.2) is 0 Å². The summed E-state index contributed by atoms with van der Waals surface area (Å²) in [7, 11) is 1.39. The Kier molecular flexibility index (Phi) is 5.41. The maximum Gasteiger partial charge on any atom is 0.322 e. The Bertz CT molecular complexity index is 272. The van der Waals surface area contributed by atoms with Crippen molar-refractivity contribution in [2.24, 2.45) is 5.92 Å². The first kappa shape index (κ1) is 14.0. The molecular formula is C12H21NO4. The van der Waals surface area contributed by atoms with Gasteiger partial charge >= 0.3 is 11.9 Å². The molecule has 0 aromatic carbocycles. The molecule has 1 rings (SSSR count). The van der Waals surface area contributed by atoms with E-state index in [9.17, 15) is 9.59 Å². The molecule has 0 saturated carbocycles. The topological polar surface area (TPSA) is 55.8 Å². The van der Waals surface area contributed by atoms with Gasteiger partial charge in [-0.25, -0.2) is 0 Å². The number of esters is 2. The molecule has 1 fully saturated rings. The lowest BCUT2D eigenvalue weighted by Crippen LogP contribution is -2.45. The lowest BCUT2D eigenvalue weighted by Gasteiger charge is -2.33. The summed E-state index contributed by atoms with van der Waals surface area (Å²) in [6, 6.07) is -0.233. The summed E-state index contributed by atoms with van der Waals surface area (Å²) in [4.78, 5) is 24.9. The molecule has 1 saturated heterocycles. The molecule has 0 radical (unpaired) electrons. The monoisotopic (exact) mass is 243 g/mol. The standard InChI is InChI=1S/C12H21NO4/c1-4-17-12(15)10-5-7-13(8-6-10)9(2)11(14)16-3/h9-10H,4-8H2,1-3H3. The molecule has 5 nitrogen and oxygen atoms in total. The van der Waals surface area contributed by atoms with E-state index in [1.54, 1.807) is 0 Å². The van der Waals surface area contributed by atoms with Crippen LogP contribution < -0.4 is 0 Å². The zero-order chi connectivity index (χ0) is 12.8. The molecule has 0 amide bonds. The molecule has 1 aliphatic rings. The fourth-order valence-corrected chi connectivity index (χ4v) is 2.10. The predicted octanol–water partition coefficient (Wildman–Crippen LogP) is 0.823. The second kappa shape index (κ2) is 6.59. The van der Waals surface area contributed by atoms with Crippen LogP contribution in [-0.4, -0.2) is 49.7 Å². The number of ether oxygens (including phenoxy) is 2. The van der Waals surface area contributed by atoms with Crippen molar-refractivity contribution in [3.63, 3.8) is 0 Å². The summed E-state index contributed by atoms with van der Waals surface area (Å²) in [6.07, 6.45) is 1.50. The maximum atomic E-state index is 11.5. The Morgan fingerprint density at radius 2 is 1.94 bits per heavy atom. The first-order chi connectivity index (χ1) is 8.10. The number of carbonyl (C=O) groups excluding carboxylic acids is 2. The third-order valence-corrected chi connectivity index (χ3v) is 3.24. The maximum absolute atomic E-state index is 11.5. The van der Waals surface area contributed by atoms with E-state index in [-0.39, 0.29) is 23.9 Å². The second-order valence-electron chi connectivity index (χ2n) is 4.26. The number of piperidine rings is 1. The molecular weight excluding hydrogens is 222 g/mol. The van der Waals surface area contributed by atoms with E-state index < -0.39 is 0 Å². The van der Waals surface area contributed by atoms with Crippen molar-refractivity contribution in [1.82, 2.24) is 4.90 Å². The SMILES string of the molecule is CCOC(=O)C1CCN(C(C)C(=O)OC)CC1. The van der Waals surface area contributed by atoms with Crippen molar-refractivity contribution >= 4 is 11.9 Å². The second-order valence-corrected chi connectivity index (χ2v) is 4.26. The van der Waals surface area contributed by atoms with E-state index in [0.29, 0.717) is 6.61 Å². The molecule has 0 bridgehead atoms. The molecule has 0 aliphatic carbocycles. The lowest BCUT2D eigenvalue weighted by molar-refractivity contribution is -0.151. The third kappa shape index (κ3) is 3.70. The predicted molar refractivity (Wildman–Crippen MR) is 62.4 cm³/mol. The largest absolute Gasteiger partial charge is 0.468 e. The first-order valence-electron chi connectivity index (χ1n) is 6.08. The van der Waals surface area contributed by atoms with Gasteiger partial charge in [0, 0.05) is 0 Å². The van der Waals surface area contributed by atoms with Gasteiger partial charge in [-0.05, 0) is 39.8 Å². The van der Waals surface area contributed by atoms with E-state index in [2.05, 4.69) is 0 Å². The molecule has 0 aromatic rings. The Morgan fingerprint density at radius 3 is 2.41 bits per heavy atom. The van der Waals surface area contributed by atoms with Gasteiger partial charge in [-0.1, -0.05) is 0 Å². The zero-order valence-corrected chi connectivity index (χ0v) is 10.8. The number of likely N-dealkylation sites (tertiary alicyclic amines) is 1. The minimum Gasteiger partial charge on any atom is -0.468 e. The average molecular weight is 243 g/mol. The summed E-state index contributed by atoms with van der Waals surface area (Å²) < 4.78 is 9.70. The highest BCUT2D eigenvalue weighted by Gasteiger charge is 2.30. The molecule has 1 unspecified atom stereocenters. The Morgan fingerprint density at radius 1 is 1.35 bits per heavy atom. The third-order valence-electron chi connectivity index (χ3n) is 3.24. The van der Waals surface area contributed by atoms with Crippen molar-refractivity contribution in [2.45, 2.75) is 32.7 Å². The summed E-state index contributed by atoms with van der Waals surface area (Å²) >= 11 is 0. The van der Waals surface area contributed by atoms with Gasteiger partial charge in [-0.2, -0.15) is 0 Å². The highest BCUT2D eigenvalue weighted by Crippen LogP contribution is 2.20. The first-order valence-corrected chi connectivity index (χ1v) is 6.08. The van der Waals surface area contributed by atoms with Crippen LogP contribution in [0.1, 0.15) is 26.7 Å². The van der Waals surface area contributed by atoms with Gasteiger partial charge in [0.1, 0.15) is 6.04 Å². The van der Waals surface area contributed by atoms with E-state index in [1.165, 1.54) is 7.11 Å². The van der Waals surface area contributed by atoms with Crippen molar-refractivity contribution in [1.29, 1.82) is 0 Å². The zero-order valence-electron chi connectivity index (χ0n) is 10.8. The summed E-state index contributed by atoms with van der Waals surface area (Å²) in [5.74, 6) is -0.353. The fraction of sp³-hybridized carbons (Fsp3) is 0.833. The molecule has 0 N–H and O–H groups in total. The van der Waals surface area contributed by atoms with Crippen LogP contribution in [0.2, 0.25) is 0 Å². The highest BCUT2D eigenvalue weighted by atomic mass is 16.5. The van der Waals surface area contributed by atoms with Crippen LogP contribution in [-0.2, 0) is 19.1 Å². The number of rotatable bonds is 4. The number of hydrogen-bond donors (Lipinski definition) is 0. The normalized spacial score (nSPS) is 19.7. The molecule has 0 aromatic heterocycles. The number of methoxy groups -OCH3 is 1. The van der Waals surface area contributed by atoms with E-state index >= 15 is 0 Å². The number of hydrogen-bond acceptors (Lipinski definition) is 5. The van der Waals surface area contributed by atoms with Gasteiger partial charge in [0.25, 0.3) is 0 Å². The van der Waals surface area contributed by atoms with Gasteiger partial charge in [-0.15, -0.1) is 0 Å². The fourth-order valence-electron chi connectivity index (χ4n) is 2.10. The molecule has 1 aliphatic heterocycles. The van der Waals surface area contributed by atoms with Crippen LogP contribution >= 0.6 is 0 Å². The molecule has 0 spiro atoms. The number of nitrogens with zero attached hydrogens (tertiary/aromatic N) is 1. The quantitative estimate of drug-likeness (QED) is 0.684. The van der Waals surface area contributed by atoms with E-state index in [0.717, 1.165) is 25.9 Å². The van der Waals surface area contributed by atoms with Crippen LogP contribution in [0.25, 0.3) is 0 Å². The van der Waals surface area contributed by atoms with Crippen LogP contribution in [0.5, 0.6) is 0 Å². The Labute approximate surface area is 102 Å². The highest BCUT2D eigenvalue weighted by molar-refractivity contribution is 5.75. The Hall–Kier alpha value is -1.10. The van der Waals surface area contributed by atoms with Gasteiger partial charge in [0.2, 0.25) is 0 Å². The van der Waals surface area contributed by atoms with Gasteiger partial charge < -0.3 is 9.47 Å². The van der Waals surface area contributed by atoms with Crippen LogP contribution in [0, 0.1) is 5.92 Å². The minimum absolute atomic E-state index is 0.0175. The van der Waals surface area contributed by atoms with Gasteiger partial charge in [-0.3, -0.25) is 14.5 Å².